The van der Waals surface area contributed by atoms with E-state index in [0.29, 0.717) is 23.0 Å². The molecule has 3 fully saturated rings. The molecule has 4 nitrogen and oxygen atoms in total. The molecule has 1 aliphatic heterocycles. The molecule has 2 saturated carbocycles. The minimum Gasteiger partial charge on any atom is -0.420 e. The van der Waals surface area contributed by atoms with Crippen molar-refractivity contribution < 1.29 is 9.53 Å². The van der Waals surface area contributed by atoms with Crippen molar-refractivity contribution in [3.8, 4) is 12.1 Å². The highest BCUT2D eigenvalue weighted by atomic mass is 16.5. The van der Waals surface area contributed by atoms with Gasteiger partial charge < -0.3 is 4.74 Å². The highest BCUT2D eigenvalue weighted by molar-refractivity contribution is 6.07. The van der Waals surface area contributed by atoms with E-state index < -0.39 is 5.97 Å². The van der Waals surface area contributed by atoms with Gasteiger partial charge in [0, 0.05) is 11.1 Å². The van der Waals surface area contributed by atoms with Crippen molar-refractivity contribution >= 4 is 11.5 Å². The molecule has 0 bridgehead atoms. The number of hydrogen-bond acceptors (Lipinski definition) is 4. The number of ether oxygens (including phenoxy) is 1. The second kappa shape index (κ2) is 7.74. The number of carbonyl (C=O) groups excluding carboxylic acids is 1. The van der Waals surface area contributed by atoms with E-state index in [2.05, 4.69) is 0 Å². The first-order chi connectivity index (χ1) is 15.2. The molecule has 2 aliphatic carbocycles. The number of nitrogens with zero attached hydrogens (tertiary/aromatic N) is 2. The second-order valence-corrected chi connectivity index (χ2v) is 8.18. The van der Waals surface area contributed by atoms with E-state index in [-0.39, 0.29) is 11.3 Å². The third-order valence-corrected chi connectivity index (χ3v) is 6.02. The lowest BCUT2D eigenvalue weighted by molar-refractivity contribution is -0.132. The Bertz CT molecular complexity index is 1160. The molecule has 150 valence electrons. The Morgan fingerprint density at radius 3 is 1.68 bits per heavy atom. The first-order valence-corrected chi connectivity index (χ1v) is 10.6. The number of esters is 1. The Morgan fingerprint density at radius 1 is 0.774 bits per heavy atom. The van der Waals surface area contributed by atoms with Gasteiger partial charge in [-0.3, -0.25) is 0 Å². The molecule has 0 N–H and O–H groups in total. The molecule has 0 unspecified atom stereocenters. The lowest BCUT2D eigenvalue weighted by Gasteiger charge is -2.15. The maximum absolute atomic E-state index is 13.2. The third-order valence-electron chi connectivity index (χ3n) is 6.02. The summed E-state index contributed by atoms with van der Waals surface area (Å²) in [6.45, 7) is 0. The zero-order chi connectivity index (χ0) is 21.4. The smallest absolute Gasteiger partial charge is 0.344 e. The molecule has 2 aromatic rings. The van der Waals surface area contributed by atoms with Crippen molar-refractivity contribution in [2.24, 2.45) is 11.8 Å². The first kappa shape index (κ1) is 19.1. The Morgan fingerprint density at radius 2 is 1.26 bits per heavy atom. The minimum atomic E-state index is -0.439. The topological polar surface area (TPSA) is 73.9 Å². The molecular weight excluding hydrogens is 384 g/mol. The number of rotatable bonds is 4. The van der Waals surface area contributed by atoms with Gasteiger partial charge in [-0.25, -0.2) is 4.79 Å². The fourth-order valence-corrected chi connectivity index (χ4v) is 4.41. The lowest BCUT2D eigenvalue weighted by atomic mass is 9.85. The van der Waals surface area contributed by atoms with Crippen LogP contribution in [-0.4, -0.2) is 5.97 Å². The van der Waals surface area contributed by atoms with Gasteiger partial charge in [-0.1, -0.05) is 60.7 Å². The number of hydrogen-bond donors (Lipinski definition) is 0. The molecule has 4 heteroatoms. The van der Waals surface area contributed by atoms with Crippen LogP contribution in [0.5, 0.6) is 0 Å². The molecule has 3 aliphatic rings. The molecule has 0 aromatic heterocycles. The molecule has 1 heterocycles. The Kier molecular flexibility index (Phi) is 4.77. The summed E-state index contributed by atoms with van der Waals surface area (Å²) in [5.41, 5.74) is 4.80. The van der Waals surface area contributed by atoms with Crippen LogP contribution >= 0.6 is 0 Å². The Hall–Kier alpha value is -3.89. The summed E-state index contributed by atoms with van der Waals surface area (Å²) in [5.74, 6) is 0.437. The van der Waals surface area contributed by atoms with Gasteiger partial charge in [-0.2, -0.15) is 10.5 Å². The number of cyclic esters (lactones) is 1. The molecule has 1 saturated heterocycles. The Labute approximate surface area is 181 Å². The molecular formula is C27H20N2O2. The van der Waals surface area contributed by atoms with Crippen molar-refractivity contribution in [2.75, 3.05) is 0 Å². The van der Waals surface area contributed by atoms with E-state index in [1.807, 2.05) is 72.8 Å². The summed E-state index contributed by atoms with van der Waals surface area (Å²) in [4.78, 5) is 13.2. The standard InChI is InChI=1S/C27H20N2O2/c28-15-21(16-29)26-24(25(27(30)31-26)23(19-11-12-19)20-13-14-20)22(17-7-3-1-4-8-17)18-9-5-2-6-10-18/h1-10,19-20H,11-14H2. The van der Waals surface area contributed by atoms with Crippen molar-refractivity contribution in [3.05, 3.63) is 99.8 Å². The third kappa shape index (κ3) is 3.47. The average molecular weight is 404 g/mol. The van der Waals surface area contributed by atoms with Crippen LogP contribution in [0.25, 0.3) is 5.57 Å². The number of carbonyl (C=O) groups is 1. The zero-order valence-corrected chi connectivity index (χ0v) is 17.0. The minimum absolute atomic E-state index is 0.0894. The Balaban J connectivity index is 1.92. The van der Waals surface area contributed by atoms with Gasteiger partial charge in [0.1, 0.15) is 12.1 Å². The molecule has 0 atom stereocenters. The number of nitriles is 2. The monoisotopic (exact) mass is 404 g/mol. The van der Waals surface area contributed by atoms with Gasteiger partial charge in [0.15, 0.2) is 11.3 Å². The van der Waals surface area contributed by atoms with E-state index in [0.717, 1.165) is 48.0 Å². The van der Waals surface area contributed by atoms with Gasteiger partial charge in [0.2, 0.25) is 0 Å². The van der Waals surface area contributed by atoms with E-state index in [1.54, 1.807) is 0 Å². The molecule has 31 heavy (non-hydrogen) atoms. The van der Waals surface area contributed by atoms with E-state index in [4.69, 9.17) is 4.74 Å². The number of benzene rings is 2. The lowest BCUT2D eigenvalue weighted by Crippen LogP contribution is -2.06. The van der Waals surface area contributed by atoms with Gasteiger partial charge in [-0.15, -0.1) is 0 Å². The SMILES string of the molecule is N#CC(C#N)=C1OC(=O)C(=C(C2CC2)C2CC2)C1=C(c1ccccc1)c1ccccc1. The van der Waals surface area contributed by atoms with Crippen LogP contribution < -0.4 is 0 Å². The van der Waals surface area contributed by atoms with E-state index in [9.17, 15) is 15.3 Å². The molecule has 0 spiro atoms. The van der Waals surface area contributed by atoms with Crippen molar-refractivity contribution in [3.63, 3.8) is 0 Å². The first-order valence-electron chi connectivity index (χ1n) is 10.6. The van der Waals surface area contributed by atoms with Crippen LogP contribution in [0.2, 0.25) is 0 Å². The quantitative estimate of drug-likeness (QED) is 0.385. The summed E-state index contributed by atoms with van der Waals surface area (Å²) in [6.07, 6.45) is 4.29. The summed E-state index contributed by atoms with van der Waals surface area (Å²) in [5, 5.41) is 19.2. The molecule has 5 rings (SSSR count). The van der Waals surface area contributed by atoms with Crippen LogP contribution in [0, 0.1) is 34.5 Å². The van der Waals surface area contributed by atoms with Crippen LogP contribution in [0.4, 0.5) is 0 Å². The fourth-order valence-electron chi connectivity index (χ4n) is 4.41. The second-order valence-electron chi connectivity index (χ2n) is 8.18. The highest BCUT2D eigenvalue weighted by Crippen LogP contribution is 2.54. The van der Waals surface area contributed by atoms with Crippen molar-refractivity contribution in [1.82, 2.24) is 0 Å². The summed E-state index contributed by atoms with van der Waals surface area (Å²) in [7, 11) is 0. The van der Waals surface area contributed by atoms with E-state index in [1.165, 1.54) is 0 Å². The van der Waals surface area contributed by atoms with Crippen molar-refractivity contribution in [1.29, 1.82) is 10.5 Å². The maximum atomic E-state index is 13.2. The van der Waals surface area contributed by atoms with Gasteiger partial charge in [0.05, 0.1) is 5.57 Å². The predicted molar refractivity (Wildman–Crippen MR) is 116 cm³/mol. The van der Waals surface area contributed by atoms with Gasteiger partial charge >= 0.3 is 5.97 Å². The zero-order valence-electron chi connectivity index (χ0n) is 17.0. The van der Waals surface area contributed by atoms with Crippen LogP contribution in [-0.2, 0) is 9.53 Å². The summed E-state index contributed by atoms with van der Waals surface area (Å²) < 4.78 is 5.67. The van der Waals surface area contributed by atoms with Crippen LogP contribution in [0.15, 0.2) is 88.7 Å². The molecule has 0 radical (unpaired) electrons. The van der Waals surface area contributed by atoms with E-state index >= 15 is 0 Å². The highest BCUT2D eigenvalue weighted by Gasteiger charge is 2.46. The van der Waals surface area contributed by atoms with Crippen LogP contribution in [0.3, 0.4) is 0 Å². The molecule has 2 aromatic carbocycles. The molecule has 0 amide bonds. The summed E-state index contributed by atoms with van der Waals surface area (Å²) >= 11 is 0. The summed E-state index contributed by atoms with van der Waals surface area (Å²) in [6, 6.07) is 23.5. The van der Waals surface area contributed by atoms with Crippen LogP contribution in [0.1, 0.15) is 36.8 Å². The van der Waals surface area contributed by atoms with Gasteiger partial charge in [0.25, 0.3) is 0 Å². The van der Waals surface area contributed by atoms with Crippen molar-refractivity contribution in [2.45, 2.75) is 25.7 Å². The predicted octanol–water partition coefficient (Wildman–Crippen LogP) is 5.46. The maximum Gasteiger partial charge on any atom is 0.344 e. The fraction of sp³-hybridized carbons (Fsp3) is 0.222. The largest absolute Gasteiger partial charge is 0.420 e. The number of allylic oxidation sites excluding steroid dienone is 3. The average Bonchev–Trinajstić information content (AvgIpc) is 3.73. The normalized spacial score (nSPS) is 17.6. The van der Waals surface area contributed by atoms with Gasteiger partial charge in [-0.05, 0) is 54.2 Å².